The van der Waals surface area contributed by atoms with E-state index in [1.54, 1.807) is 18.3 Å². The van der Waals surface area contributed by atoms with E-state index in [1.807, 2.05) is 36.4 Å². The van der Waals surface area contributed by atoms with Crippen LogP contribution in [0, 0.1) is 0 Å². The minimum absolute atomic E-state index is 0.111. The van der Waals surface area contributed by atoms with Crippen molar-refractivity contribution in [3.05, 3.63) is 42.7 Å². The number of carbonyl (C=O) groups is 2. The molecule has 0 aliphatic heterocycles. The smallest absolute Gasteiger partial charge is 0.321 e. The third kappa shape index (κ3) is 4.34. The summed E-state index contributed by atoms with van der Waals surface area (Å²) in [6.45, 7) is 2.26. The van der Waals surface area contributed by atoms with Crippen molar-refractivity contribution in [2.75, 3.05) is 12.3 Å². The summed E-state index contributed by atoms with van der Waals surface area (Å²) < 4.78 is 0. The topological polar surface area (TPSA) is 84.0 Å². The van der Waals surface area contributed by atoms with Gasteiger partial charge in [0.2, 0.25) is 5.91 Å². The van der Waals surface area contributed by atoms with Crippen LogP contribution in [-0.2, 0) is 4.79 Å². The molecule has 0 unspecified atom stereocenters. The molecule has 2 N–H and O–H groups in total. The Morgan fingerprint density at radius 2 is 2.00 bits per heavy atom. The predicted molar refractivity (Wildman–Crippen MR) is 101 cm³/mol. The molecule has 0 fully saturated rings. The Balaban J connectivity index is 1.75. The fourth-order valence-electron chi connectivity index (χ4n) is 2.19. The molecule has 0 saturated carbocycles. The van der Waals surface area contributed by atoms with E-state index < -0.39 is 6.03 Å². The van der Waals surface area contributed by atoms with Gasteiger partial charge in [0.1, 0.15) is 16.2 Å². The molecule has 3 aromatic rings. The number of hydrogen-bond acceptors (Lipinski definition) is 6. The number of hydrogen-bond donors (Lipinski definition) is 2. The molecule has 128 valence electrons. The van der Waals surface area contributed by atoms with Gasteiger partial charge in [-0.1, -0.05) is 42.1 Å². The summed E-state index contributed by atoms with van der Waals surface area (Å²) in [6, 6.07) is 11.6. The lowest BCUT2D eigenvalue weighted by Gasteiger charge is -2.04. The molecule has 2 aromatic heterocycles. The zero-order valence-electron chi connectivity index (χ0n) is 13.5. The van der Waals surface area contributed by atoms with E-state index in [0.717, 1.165) is 25.7 Å². The second kappa shape index (κ2) is 8.09. The Labute approximate surface area is 153 Å². The average Bonchev–Trinajstić information content (AvgIpc) is 3.05. The quantitative estimate of drug-likeness (QED) is 0.530. The number of amides is 3. The van der Waals surface area contributed by atoms with Gasteiger partial charge in [0.05, 0.1) is 5.75 Å². The Kier molecular flexibility index (Phi) is 5.62. The van der Waals surface area contributed by atoms with Gasteiger partial charge in [0.25, 0.3) is 0 Å². The van der Waals surface area contributed by atoms with Crippen LogP contribution in [0.15, 0.2) is 47.8 Å². The van der Waals surface area contributed by atoms with Gasteiger partial charge in [-0.2, -0.15) is 0 Å². The molecule has 0 radical (unpaired) electrons. The van der Waals surface area contributed by atoms with Crippen LogP contribution in [0.25, 0.3) is 20.7 Å². The zero-order valence-corrected chi connectivity index (χ0v) is 15.1. The number of carbonyl (C=O) groups excluding carboxylic acids is 2. The lowest BCUT2D eigenvalue weighted by atomic mass is 10.2. The summed E-state index contributed by atoms with van der Waals surface area (Å²) in [7, 11) is 0. The lowest BCUT2D eigenvalue weighted by Crippen LogP contribution is -2.40. The van der Waals surface area contributed by atoms with Crippen molar-refractivity contribution in [2.24, 2.45) is 0 Å². The highest BCUT2D eigenvalue weighted by atomic mass is 32.2. The summed E-state index contributed by atoms with van der Waals surface area (Å²) in [5, 5.41) is 6.45. The van der Waals surface area contributed by atoms with E-state index in [1.165, 1.54) is 18.1 Å². The van der Waals surface area contributed by atoms with Gasteiger partial charge < -0.3 is 5.32 Å². The van der Waals surface area contributed by atoms with Gasteiger partial charge in [-0.05, 0) is 18.6 Å². The average molecular weight is 372 g/mol. The summed E-state index contributed by atoms with van der Waals surface area (Å²) in [5.74, 6) is -0.249. The van der Waals surface area contributed by atoms with Crippen molar-refractivity contribution in [1.29, 1.82) is 0 Å². The lowest BCUT2D eigenvalue weighted by molar-refractivity contribution is -0.117. The third-order valence-corrected chi connectivity index (χ3v) is 5.38. The first-order chi connectivity index (χ1) is 12.2. The number of rotatable bonds is 5. The van der Waals surface area contributed by atoms with Crippen molar-refractivity contribution in [2.45, 2.75) is 11.9 Å². The van der Waals surface area contributed by atoms with Gasteiger partial charge in [0.15, 0.2) is 0 Å². The summed E-state index contributed by atoms with van der Waals surface area (Å²) in [4.78, 5) is 33.8. The first-order valence-electron chi connectivity index (χ1n) is 7.68. The highest BCUT2D eigenvalue weighted by Crippen LogP contribution is 2.35. The van der Waals surface area contributed by atoms with Crippen LogP contribution in [0.5, 0.6) is 0 Å². The molecule has 0 aliphatic carbocycles. The van der Waals surface area contributed by atoms with E-state index in [2.05, 4.69) is 20.6 Å². The molecular weight excluding hydrogens is 356 g/mol. The SMILES string of the molecule is CCNC(=O)NC(=O)CSc1ncnc2sc(-c3ccccc3)cc12. The van der Waals surface area contributed by atoms with Crippen LogP contribution >= 0.6 is 23.1 Å². The predicted octanol–water partition coefficient (Wildman–Crippen LogP) is 3.30. The molecule has 6 nitrogen and oxygen atoms in total. The van der Waals surface area contributed by atoms with Gasteiger partial charge in [-0.15, -0.1) is 11.3 Å². The summed E-state index contributed by atoms with van der Waals surface area (Å²) in [6.07, 6.45) is 1.50. The molecule has 0 atom stereocenters. The highest BCUT2D eigenvalue weighted by molar-refractivity contribution is 8.00. The number of aromatic nitrogens is 2. The van der Waals surface area contributed by atoms with E-state index >= 15 is 0 Å². The maximum absolute atomic E-state index is 11.8. The normalized spacial score (nSPS) is 10.6. The summed E-state index contributed by atoms with van der Waals surface area (Å²) in [5.41, 5.74) is 1.12. The number of thioether (sulfide) groups is 1. The fraction of sp³-hybridized carbons (Fsp3) is 0.176. The Hall–Kier alpha value is -2.45. The number of nitrogens with one attached hydrogen (secondary N) is 2. The number of nitrogens with zero attached hydrogens (tertiary/aromatic N) is 2. The van der Waals surface area contributed by atoms with Crippen molar-refractivity contribution in [3.63, 3.8) is 0 Å². The summed E-state index contributed by atoms with van der Waals surface area (Å²) >= 11 is 2.88. The zero-order chi connectivity index (χ0) is 17.6. The molecule has 0 bridgehead atoms. The van der Waals surface area contributed by atoms with Gasteiger partial charge in [-0.3, -0.25) is 10.1 Å². The fourth-order valence-corrected chi connectivity index (χ4v) is 4.04. The van der Waals surface area contributed by atoms with Crippen LogP contribution in [0.2, 0.25) is 0 Å². The molecule has 8 heteroatoms. The number of imide groups is 1. The maximum Gasteiger partial charge on any atom is 0.321 e. The van der Waals surface area contributed by atoms with Gasteiger partial charge in [-0.25, -0.2) is 14.8 Å². The van der Waals surface area contributed by atoms with Crippen molar-refractivity contribution >= 4 is 45.3 Å². The van der Waals surface area contributed by atoms with Gasteiger partial charge >= 0.3 is 6.03 Å². The molecular formula is C17H16N4O2S2. The molecule has 3 amide bonds. The van der Waals surface area contributed by atoms with Crippen LogP contribution < -0.4 is 10.6 Å². The second-order valence-electron chi connectivity index (χ2n) is 5.07. The highest BCUT2D eigenvalue weighted by Gasteiger charge is 2.13. The molecule has 3 rings (SSSR count). The van der Waals surface area contributed by atoms with E-state index in [0.29, 0.717) is 6.54 Å². The van der Waals surface area contributed by atoms with Crippen LogP contribution in [-0.4, -0.2) is 34.2 Å². The van der Waals surface area contributed by atoms with E-state index in [9.17, 15) is 9.59 Å². The first-order valence-corrected chi connectivity index (χ1v) is 9.48. The minimum Gasteiger partial charge on any atom is -0.338 e. The number of urea groups is 1. The largest absolute Gasteiger partial charge is 0.338 e. The van der Waals surface area contributed by atoms with Crippen LogP contribution in [0.4, 0.5) is 4.79 Å². The molecule has 25 heavy (non-hydrogen) atoms. The monoisotopic (exact) mass is 372 g/mol. The maximum atomic E-state index is 11.8. The molecule has 2 heterocycles. The van der Waals surface area contributed by atoms with E-state index in [4.69, 9.17) is 0 Å². The number of fused-ring (bicyclic) bond motifs is 1. The third-order valence-electron chi connectivity index (χ3n) is 3.28. The second-order valence-corrected chi connectivity index (χ2v) is 7.07. The van der Waals surface area contributed by atoms with Crippen molar-refractivity contribution < 1.29 is 9.59 Å². The van der Waals surface area contributed by atoms with Gasteiger partial charge in [0, 0.05) is 16.8 Å². The van der Waals surface area contributed by atoms with E-state index in [-0.39, 0.29) is 11.7 Å². The minimum atomic E-state index is -0.483. The molecule has 1 aromatic carbocycles. The standard InChI is InChI=1S/C17H16N4O2S2/c1-2-18-17(23)21-14(22)9-24-15-12-8-13(11-6-4-3-5-7-11)25-16(12)20-10-19-15/h3-8,10H,2,9H2,1H3,(H2,18,21,22,23). The molecule has 0 aliphatic rings. The first kappa shape index (κ1) is 17.4. The number of thiophene rings is 1. The van der Waals surface area contributed by atoms with Crippen molar-refractivity contribution in [3.8, 4) is 10.4 Å². The Bertz CT molecular complexity index is 896. The molecule has 0 spiro atoms. The van der Waals surface area contributed by atoms with Crippen LogP contribution in [0.1, 0.15) is 6.92 Å². The van der Waals surface area contributed by atoms with Crippen molar-refractivity contribution in [1.82, 2.24) is 20.6 Å². The number of benzene rings is 1. The molecule has 0 saturated heterocycles. The Morgan fingerprint density at radius 3 is 2.76 bits per heavy atom. The Morgan fingerprint density at radius 1 is 1.20 bits per heavy atom. The van der Waals surface area contributed by atoms with Crippen LogP contribution in [0.3, 0.4) is 0 Å².